The van der Waals surface area contributed by atoms with Gasteiger partial charge in [0, 0.05) is 11.6 Å². The molecule has 0 fully saturated rings. The normalized spacial score (nSPS) is 15.4. The van der Waals surface area contributed by atoms with Crippen molar-refractivity contribution in [1.82, 2.24) is 4.98 Å². The number of benzene rings is 1. The largest absolute Gasteiger partial charge is 0.480 e. The number of Topliss-reactive ketones (excluding diaryl/α,β-unsaturated/α-hetero) is 1. The van der Waals surface area contributed by atoms with Crippen molar-refractivity contribution in [2.45, 2.75) is 38.4 Å². The predicted molar refractivity (Wildman–Crippen MR) is 102 cm³/mol. The standard InChI is InChI=1S/C20H19ClF4N2O3/c1-18(2,3)17(30)19(15(26)16(28)29,14-5-4-12(21)9-27-14)10-6-11(20(23,24)25)8-13(22)7-10/h4-9,15H,26H2,1-3H3,(H,28,29)/t15-,19-/m1/s1. The first kappa shape index (κ1) is 23.8. The van der Waals surface area contributed by atoms with E-state index in [1.165, 1.54) is 32.9 Å². The number of alkyl halides is 3. The topological polar surface area (TPSA) is 93.3 Å². The van der Waals surface area contributed by atoms with Gasteiger partial charge >= 0.3 is 12.1 Å². The number of aromatic nitrogens is 1. The van der Waals surface area contributed by atoms with Crippen LogP contribution >= 0.6 is 11.6 Å². The van der Waals surface area contributed by atoms with E-state index in [1.54, 1.807) is 0 Å². The van der Waals surface area contributed by atoms with Crippen LogP contribution in [0.3, 0.4) is 0 Å². The Morgan fingerprint density at radius 2 is 1.67 bits per heavy atom. The van der Waals surface area contributed by atoms with Gasteiger partial charge in [0.2, 0.25) is 0 Å². The number of carboxylic acid groups (broad SMARTS) is 1. The van der Waals surface area contributed by atoms with Gasteiger partial charge in [-0.1, -0.05) is 32.4 Å². The summed E-state index contributed by atoms with van der Waals surface area (Å²) in [4.78, 5) is 29.5. The Morgan fingerprint density at radius 3 is 2.10 bits per heavy atom. The van der Waals surface area contributed by atoms with Gasteiger partial charge in [-0.2, -0.15) is 13.2 Å². The summed E-state index contributed by atoms with van der Waals surface area (Å²) in [6.07, 6.45) is -3.85. The van der Waals surface area contributed by atoms with E-state index >= 15 is 0 Å². The van der Waals surface area contributed by atoms with Crippen molar-refractivity contribution in [1.29, 1.82) is 0 Å². The molecular formula is C20H19ClF4N2O3. The van der Waals surface area contributed by atoms with Gasteiger partial charge in [0.25, 0.3) is 0 Å². The Kier molecular flexibility index (Phi) is 6.30. The highest BCUT2D eigenvalue weighted by Gasteiger charge is 2.55. The van der Waals surface area contributed by atoms with Crippen LogP contribution < -0.4 is 5.73 Å². The molecule has 2 atom stereocenters. The molecule has 0 saturated carbocycles. The number of nitrogens with two attached hydrogens (primary N) is 1. The van der Waals surface area contributed by atoms with Crippen LogP contribution in [0.5, 0.6) is 0 Å². The van der Waals surface area contributed by atoms with Crippen LogP contribution in [-0.2, 0) is 21.2 Å². The van der Waals surface area contributed by atoms with Crippen LogP contribution in [0.4, 0.5) is 17.6 Å². The number of nitrogens with zero attached hydrogens (tertiary/aromatic N) is 1. The molecule has 0 radical (unpaired) electrons. The number of carbonyl (C=O) groups is 2. The molecule has 0 aliphatic rings. The van der Waals surface area contributed by atoms with Crippen molar-refractivity contribution in [2.75, 3.05) is 0 Å². The predicted octanol–water partition coefficient (Wildman–Crippen LogP) is 4.21. The number of ketones is 1. The van der Waals surface area contributed by atoms with Gasteiger partial charge in [0.15, 0.2) is 5.78 Å². The molecule has 0 saturated heterocycles. The Labute approximate surface area is 174 Å². The second-order valence-electron chi connectivity index (χ2n) is 7.79. The van der Waals surface area contributed by atoms with Gasteiger partial charge in [-0.05, 0) is 35.9 Å². The summed E-state index contributed by atoms with van der Waals surface area (Å²) < 4.78 is 54.3. The molecule has 1 aromatic carbocycles. The molecule has 1 heterocycles. The van der Waals surface area contributed by atoms with Crippen molar-refractivity contribution in [3.8, 4) is 0 Å². The van der Waals surface area contributed by atoms with Gasteiger partial charge in [-0.3, -0.25) is 14.6 Å². The van der Waals surface area contributed by atoms with E-state index in [2.05, 4.69) is 4.98 Å². The quantitative estimate of drug-likeness (QED) is 0.671. The summed E-state index contributed by atoms with van der Waals surface area (Å²) in [5.41, 5.74) is -0.0178. The molecule has 0 spiro atoms. The fourth-order valence-corrected chi connectivity index (χ4v) is 3.35. The number of aliphatic carboxylic acids is 1. The van der Waals surface area contributed by atoms with Gasteiger partial charge in [0.1, 0.15) is 17.3 Å². The lowest BCUT2D eigenvalue weighted by Gasteiger charge is -2.40. The maximum atomic E-state index is 14.3. The van der Waals surface area contributed by atoms with Crippen LogP contribution in [0.1, 0.15) is 37.6 Å². The lowest BCUT2D eigenvalue weighted by Crippen LogP contribution is -2.59. The van der Waals surface area contributed by atoms with E-state index < -0.39 is 51.7 Å². The molecule has 2 rings (SSSR count). The third kappa shape index (κ3) is 4.32. The zero-order valence-corrected chi connectivity index (χ0v) is 17.0. The molecule has 30 heavy (non-hydrogen) atoms. The number of carboxylic acids is 1. The zero-order valence-electron chi connectivity index (χ0n) is 16.2. The molecule has 2 aromatic rings. The number of rotatable bonds is 5. The van der Waals surface area contributed by atoms with E-state index in [9.17, 15) is 32.3 Å². The molecule has 3 N–H and O–H groups in total. The van der Waals surface area contributed by atoms with Crippen molar-refractivity contribution in [3.05, 3.63) is 64.2 Å². The van der Waals surface area contributed by atoms with Crippen LogP contribution in [-0.4, -0.2) is 27.9 Å². The fraction of sp³-hybridized carbons (Fsp3) is 0.350. The summed E-state index contributed by atoms with van der Waals surface area (Å²) in [6.45, 7) is 4.33. The monoisotopic (exact) mass is 446 g/mol. The molecule has 0 unspecified atom stereocenters. The summed E-state index contributed by atoms with van der Waals surface area (Å²) in [6, 6.07) is 1.84. The van der Waals surface area contributed by atoms with E-state index in [1.807, 2.05) is 0 Å². The van der Waals surface area contributed by atoms with Gasteiger partial charge < -0.3 is 10.8 Å². The Hall–Kier alpha value is -2.52. The van der Waals surface area contributed by atoms with E-state index in [-0.39, 0.29) is 16.8 Å². The summed E-state index contributed by atoms with van der Waals surface area (Å²) in [5, 5.41) is 9.80. The van der Waals surface area contributed by atoms with E-state index in [0.717, 1.165) is 6.20 Å². The second kappa shape index (κ2) is 7.96. The number of hydrogen-bond donors (Lipinski definition) is 2. The highest BCUT2D eigenvalue weighted by atomic mass is 35.5. The minimum atomic E-state index is -4.95. The number of carbonyl (C=O) groups excluding carboxylic acids is 1. The highest BCUT2D eigenvalue weighted by molar-refractivity contribution is 6.30. The van der Waals surface area contributed by atoms with Gasteiger partial charge in [-0.25, -0.2) is 4.39 Å². The van der Waals surface area contributed by atoms with Crippen molar-refractivity contribution < 1.29 is 32.3 Å². The molecule has 0 amide bonds. The Balaban J connectivity index is 3.05. The summed E-state index contributed by atoms with van der Waals surface area (Å²) in [5.74, 6) is -3.84. The Morgan fingerprint density at radius 1 is 1.10 bits per heavy atom. The molecule has 0 aliphatic carbocycles. The average molecular weight is 447 g/mol. The van der Waals surface area contributed by atoms with Crippen molar-refractivity contribution >= 4 is 23.4 Å². The van der Waals surface area contributed by atoms with Gasteiger partial charge in [-0.15, -0.1) is 0 Å². The second-order valence-corrected chi connectivity index (χ2v) is 8.23. The number of halogens is 5. The van der Waals surface area contributed by atoms with Crippen LogP contribution in [0.15, 0.2) is 36.5 Å². The lowest BCUT2D eigenvalue weighted by molar-refractivity contribution is -0.145. The average Bonchev–Trinajstić information content (AvgIpc) is 2.61. The minimum absolute atomic E-state index is 0.134. The molecule has 5 nitrogen and oxygen atoms in total. The number of pyridine rings is 1. The molecule has 0 aliphatic heterocycles. The first-order valence-electron chi connectivity index (χ1n) is 8.65. The van der Waals surface area contributed by atoms with E-state index in [4.69, 9.17) is 17.3 Å². The minimum Gasteiger partial charge on any atom is -0.480 e. The summed E-state index contributed by atoms with van der Waals surface area (Å²) in [7, 11) is 0. The van der Waals surface area contributed by atoms with Crippen molar-refractivity contribution in [2.24, 2.45) is 11.1 Å². The molecule has 1 aromatic heterocycles. The summed E-state index contributed by atoms with van der Waals surface area (Å²) >= 11 is 5.83. The first-order valence-corrected chi connectivity index (χ1v) is 9.03. The maximum Gasteiger partial charge on any atom is 0.416 e. The van der Waals surface area contributed by atoms with Crippen molar-refractivity contribution in [3.63, 3.8) is 0 Å². The first-order chi connectivity index (χ1) is 13.6. The van der Waals surface area contributed by atoms with Gasteiger partial charge in [0.05, 0.1) is 16.3 Å². The fourth-order valence-electron chi connectivity index (χ4n) is 3.24. The lowest BCUT2D eigenvalue weighted by atomic mass is 9.62. The molecule has 0 bridgehead atoms. The number of hydrogen-bond acceptors (Lipinski definition) is 4. The molecular weight excluding hydrogens is 428 g/mol. The highest BCUT2D eigenvalue weighted by Crippen LogP contribution is 2.43. The van der Waals surface area contributed by atoms with Crippen LogP contribution in [0, 0.1) is 11.2 Å². The van der Waals surface area contributed by atoms with E-state index in [0.29, 0.717) is 12.1 Å². The third-order valence-electron chi connectivity index (χ3n) is 4.58. The SMILES string of the molecule is CC(C)(C)C(=O)[C@](c1cc(F)cc(C(F)(F)F)c1)(c1ccc(Cl)cn1)[C@H](N)C(=O)O. The smallest absolute Gasteiger partial charge is 0.416 e. The Bertz CT molecular complexity index is 971. The third-order valence-corrected chi connectivity index (χ3v) is 4.81. The zero-order chi connectivity index (χ0) is 23.1. The van der Waals surface area contributed by atoms with Crippen LogP contribution in [0.25, 0.3) is 0 Å². The molecule has 10 heteroatoms. The van der Waals surface area contributed by atoms with Crippen LogP contribution in [0.2, 0.25) is 5.02 Å². The molecule has 162 valence electrons. The maximum absolute atomic E-state index is 14.3.